The molecule has 188 valence electrons. The number of aliphatic hydroxyl groups is 2. The average Bonchev–Trinajstić information content (AvgIpc) is 3.39. The third-order valence-corrected chi connectivity index (χ3v) is 6.97. The number of aliphatic hydroxyl groups excluding tert-OH is 2. The number of nitrogens with one attached hydrogen (secondary N) is 2. The molecule has 2 aromatic heterocycles. The van der Waals surface area contributed by atoms with Gasteiger partial charge in [-0.25, -0.2) is 14.5 Å². The van der Waals surface area contributed by atoms with Gasteiger partial charge < -0.3 is 29.1 Å². The lowest BCUT2D eigenvalue weighted by atomic mass is 10.1. The number of para-hydroxylation sites is 1. The molecule has 1 aliphatic rings. The van der Waals surface area contributed by atoms with Gasteiger partial charge in [-0.3, -0.25) is 20.0 Å². The summed E-state index contributed by atoms with van der Waals surface area (Å²) in [5.41, 5.74) is 2.26. The minimum Gasteiger partial charge on any atom is -0.480 e. The number of fused-ring (bicyclic) bond motifs is 1. The number of aromatic nitrogens is 3. The van der Waals surface area contributed by atoms with Crippen LogP contribution < -0.4 is 15.1 Å². The fourth-order valence-electron chi connectivity index (χ4n) is 3.54. The third-order valence-electron chi connectivity index (χ3n) is 5.33. The van der Waals surface area contributed by atoms with Crippen molar-refractivity contribution in [3.05, 3.63) is 48.9 Å². The maximum absolute atomic E-state index is 13.3. The first-order chi connectivity index (χ1) is 16.7. The van der Waals surface area contributed by atoms with E-state index in [0.29, 0.717) is 11.0 Å². The quantitative estimate of drug-likeness (QED) is 0.168. The summed E-state index contributed by atoms with van der Waals surface area (Å²) in [4.78, 5) is 19.3. The number of hydrogen-bond acceptors (Lipinski definition) is 11. The van der Waals surface area contributed by atoms with Gasteiger partial charge in [-0.15, -0.1) is 0 Å². The van der Waals surface area contributed by atoms with Gasteiger partial charge in [0.05, 0.1) is 12.0 Å². The van der Waals surface area contributed by atoms with Crippen LogP contribution in [0.15, 0.2) is 48.9 Å². The van der Waals surface area contributed by atoms with Crippen LogP contribution in [0.4, 0.5) is 5.82 Å². The molecule has 3 heterocycles. The molecule has 6 N–H and O–H groups in total. The highest BCUT2D eigenvalue weighted by Gasteiger charge is 2.45. The Morgan fingerprint density at radius 1 is 1.23 bits per heavy atom. The molecule has 0 spiro atoms. The maximum Gasteiger partial charge on any atom is 0.459 e. The number of anilines is 1. The Kier molecular flexibility index (Phi) is 7.33. The number of benzene rings is 1. The molecule has 35 heavy (non-hydrogen) atoms. The number of nitrogens with zero attached hydrogens (tertiary/aromatic N) is 3. The van der Waals surface area contributed by atoms with Gasteiger partial charge in [-0.2, -0.15) is 5.09 Å². The summed E-state index contributed by atoms with van der Waals surface area (Å²) in [7, 11) is -4.25. The standard InChI is InChI=1S/C20H24N5O9P/c1-11(20(28)29)24-35(31,34-12-5-3-2-4-6-12)32-9-14-15(26)16(27)19(33-14)25-8-7-13-17(23-30)21-10-22-18(13)25/h2-8,10-11,14-16,19,26-27,30H,9H2,1H3,(H,24,31)(H,28,29)(H,21,22,23)/t11?,14-,15-,16-,19-,35+/m1/s1. The van der Waals surface area contributed by atoms with Crippen LogP contribution in [0.3, 0.4) is 0 Å². The molecule has 0 radical (unpaired) electrons. The molecule has 15 heteroatoms. The van der Waals surface area contributed by atoms with Gasteiger partial charge in [0.1, 0.15) is 42.1 Å². The smallest absolute Gasteiger partial charge is 0.459 e. The van der Waals surface area contributed by atoms with Crippen LogP contribution in [0.25, 0.3) is 11.0 Å². The third kappa shape index (κ3) is 5.28. The van der Waals surface area contributed by atoms with Gasteiger partial charge in [-0.05, 0) is 25.1 Å². The zero-order chi connectivity index (χ0) is 25.2. The first-order valence-corrected chi connectivity index (χ1v) is 12.0. The number of aliphatic carboxylic acids is 1. The van der Waals surface area contributed by atoms with E-state index in [4.69, 9.17) is 13.8 Å². The van der Waals surface area contributed by atoms with E-state index in [1.165, 1.54) is 36.1 Å². The number of carboxylic acid groups (broad SMARTS) is 1. The van der Waals surface area contributed by atoms with E-state index in [1.807, 2.05) is 5.48 Å². The van der Waals surface area contributed by atoms with Crippen LogP contribution in [0, 0.1) is 0 Å². The van der Waals surface area contributed by atoms with Crippen molar-refractivity contribution in [1.82, 2.24) is 19.6 Å². The second-order valence-corrected chi connectivity index (χ2v) is 9.42. The van der Waals surface area contributed by atoms with Gasteiger partial charge in [-0.1, -0.05) is 18.2 Å². The number of carboxylic acids is 1. The van der Waals surface area contributed by atoms with Crippen molar-refractivity contribution in [3.8, 4) is 5.75 Å². The van der Waals surface area contributed by atoms with Gasteiger partial charge in [0.2, 0.25) is 0 Å². The molecule has 0 aliphatic carbocycles. The lowest BCUT2D eigenvalue weighted by Gasteiger charge is -2.24. The molecule has 0 bridgehead atoms. The molecular formula is C20H24N5O9P. The van der Waals surface area contributed by atoms with E-state index < -0.39 is 50.9 Å². The highest BCUT2D eigenvalue weighted by atomic mass is 31.2. The van der Waals surface area contributed by atoms with Crippen LogP contribution >= 0.6 is 7.75 Å². The summed E-state index contributed by atoms with van der Waals surface area (Å²) in [6.45, 7) is 0.762. The molecule has 3 aromatic rings. The fraction of sp³-hybridized carbons (Fsp3) is 0.350. The van der Waals surface area contributed by atoms with E-state index in [9.17, 15) is 29.9 Å². The van der Waals surface area contributed by atoms with Crippen molar-refractivity contribution >= 4 is 30.6 Å². The Labute approximate surface area is 198 Å². The number of rotatable bonds is 10. The molecule has 14 nitrogen and oxygen atoms in total. The maximum atomic E-state index is 13.3. The molecule has 6 atom stereocenters. The number of carbonyl (C=O) groups is 1. The number of hydrogen-bond donors (Lipinski definition) is 6. The van der Waals surface area contributed by atoms with Crippen molar-refractivity contribution < 1.29 is 43.7 Å². The first kappa shape index (κ1) is 25.0. The predicted octanol–water partition coefficient (Wildman–Crippen LogP) is 1.12. The summed E-state index contributed by atoms with van der Waals surface area (Å²) < 4.78 is 31.4. The van der Waals surface area contributed by atoms with Crippen LogP contribution in [-0.4, -0.2) is 72.0 Å². The minimum atomic E-state index is -4.25. The van der Waals surface area contributed by atoms with Crippen molar-refractivity contribution in [1.29, 1.82) is 0 Å². The van der Waals surface area contributed by atoms with Crippen molar-refractivity contribution in [3.63, 3.8) is 0 Å². The van der Waals surface area contributed by atoms with Crippen molar-refractivity contribution in [2.75, 3.05) is 12.1 Å². The van der Waals surface area contributed by atoms with Crippen LogP contribution in [0.5, 0.6) is 5.75 Å². The summed E-state index contributed by atoms with van der Waals surface area (Å²) in [5, 5.41) is 42.4. The lowest BCUT2D eigenvalue weighted by Crippen LogP contribution is -2.36. The summed E-state index contributed by atoms with van der Waals surface area (Å²) in [6.07, 6.45) is -2.39. The molecule has 1 unspecified atom stereocenters. The second kappa shape index (κ2) is 10.3. The number of ether oxygens (including phenoxy) is 1. The Hall–Kier alpha value is -3.10. The van der Waals surface area contributed by atoms with Gasteiger partial charge >= 0.3 is 13.7 Å². The molecule has 1 fully saturated rings. The van der Waals surface area contributed by atoms with Gasteiger partial charge in [0.25, 0.3) is 0 Å². The average molecular weight is 509 g/mol. The Bertz CT molecular complexity index is 1230. The molecule has 1 aromatic carbocycles. The predicted molar refractivity (Wildman–Crippen MR) is 120 cm³/mol. The summed E-state index contributed by atoms with van der Waals surface area (Å²) in [6, 6.07) is 8.31. The van der Waals surface area contributed by atoms with Gasteiger partial charge in [0.15, 0.2) is 12.0 Å². The normalized spacial score (nSPS) is 24.7. The molecule has 4 rings (SSSR count). The topological polar surface area (TPSA) is 198 Å². The molecule has 1 aliphatic heterocycles. The molecular weight excluding hydrogens is 485 g/mol. The SMILES string of the molecule is CC(N[P@](=O)(OC[C@H]1O[C@@H](n2ccc3c(NO)ncnc32)[C@H](O)[C@@H]1O)Oc1ccccc1)C(=O)O. The molecule has 0 amide bonds. The largest absolute Gasteiger partial charge is 0.480 e. The van der Waals surface area contributed by atoms with Crippen LogP contribution in [0.1, 0.15) is 13.2 Å². The lowest BCUT2D eigenvalue weighted by molar-refractivity contribution is -0.138. The fourth-order valence-corrected chi connectivity index (χ4v) is 5.04. The van der Waals surface area contributed by atoms with E-state index in [2.05, 4.69) is 15.1 Å². The van der Waals surface area contributed by atoms with Crippen LogP contribution in [0.2, 0.25) is 0 Å². The molecule has 1 saturated heterocycles. The zero-order valence-electron chi connectivity index (χ0n) is 18.3. The molecule has 0 saturated carbocycles. The second-order valence-electron chi connectivity index (χ2n) is 7.73. The highest BCUT2D eigenvalue weighted by Crippen LogP contribution is 2.46. The van der Waals surface area contributed by atoms with E-state index in [0.717, 1.165) is 0 Å². The Morgan fingerprint density at radius 2 is 1.97 bits per heavy atom. The summed E-state index contributed by atoms with van der Waals surface area (Å²) >= 11 is 0. The highest BCUT2D eigenvalue weighted by molar-refractivity contribution is 7.52. The Morgan fingerprint density at radius 3 is 2.66 bits per heavy atom. The van der Waals surface area contributed by atoms with Crippen molar-refractivity contribution in [2.24, 2.45) is 0 Å². The van der Waals surface area contributed by atoms with E-state index in [1.54, 1.807) is 24.3 Å². The Balaban J connectivity index is 1.51. The van der Waals surface area contributed by atoms with Gasteiger partial charge in [0, 0.05) is 6.20 Å². The monoisotopic (exact) mass is 509 g/mol. The first-order valence-electron chi connectivity index (χ1n) is 10.5. The van der Waals surface area contributed by atoms with Crippen molar-refractivity contribution in [2.45, 2.75) is 37.5 Å². The summed E-state index contributed by atoms with van der Waals surface area (Å²) in [5.74, 6) is -0.978. The zero-order valence-corrected chi connectivity index (χ0v) is 19.2. The van der Waals surface area contributed by atoms with E-state index >= 15 is 0 Å². The van der Waals surface area contributed by atoms with Crippen LogP contribution in [-0.2, 0) is 18.6 Å². The van der Waals surface area contributed by atoms with E-state index in [-0.39, 0.29) is 11.6 Å². The minimum absolute atomic E-state index is 0.138.